The molecular formula is C12H12BrNO4. The molecule has 0 heterocycles. The van der Waals surface area contributed by atoms with Gasteiger partial charge in [-0.05, 0) is 23.8 Å². The number of carbonyl (C=O) groups is 2. The van der Waals surface area contributed by atoms with Crippen LogP contribution in [-0.4, -0.2) is 34.7 Å². The van der Waals surface area contributed by atoms with Crippen molar-refractivity contribution in [2.24, 2.45) is 0 Å². The van der Waals surface area contributed by atoms with Gasteiger partial charge in [0.25, 0.3) is 0 Å². The average molecular weight is 314 g/mol. The molecule has 0 fully saturated rings. The Morgan fingerprint density at radius 3 is 2.72 bits per heavy atom. The predicted octanol–water partition coefficient (Wildman–Crippen LogP) is 1.02. The lowest BCUT2D eigenvalue weighted by molar-refractivity contribution is -0.142. The summed E-state index contributed by atoms with van der Waals surface area (Å²) in [5.74, 6) is -1.85. The molecule has 0 saturated heterocycles. The molecule has 1 amide bonds. The Balaban J connectivity index is 2.62. The van der Waals surface area contributed by atoms with E-state index >= 15 is 0 Å². The van der Waals surface area contributed by atoms with Crippen LogP contribution in [0, 0.1) is 0 Å². The number of aliphatic hydroxyl groups excluding tert-OH is 1. The van der Waals surface area contributed by atoms with E-state index in [0.717, 1.165) is 10.0 Å². The summed E-state index contributed by atoms with van der Waals surface area (Å²) in [6, 6.07) is 5.99. The van der Waals surface area contributed by atoms with Gasteiger partial charge in [0.2, 0.25) is 5.91 Å². The Hall–Kier alpha value is -1.66. The van der Waals surface area contributed by atoms with Crippen LogP contribution in [0.15, 0.2) is 34.8 Å². The van der Waals surface area contributed by atoms with Crippen molar-refractivity contribution in [1.29, 1.82) is 0 Å². The Kier molecular flexibility index (Phi) is 5.54. The lowest BCUT2D eigenvalue weighted by atomic mass is 10.2. The second-order valence-corrected chi connectivity index (χ2v) is 4.39. The summed E-state index contributed by atoms with van der Waals surface area (Å²) < 4.78 is 0.879. The standard InChI is InChI=1S/C12H12BrNO4/c13-9-3-1-2-8(6-9)4-5-11(16)14-10(7-15)12(17)18/h1-6,10,15H,7H2,(H,14,16)(H,17,18)/b5-4+. The first-order chi connectivity index (χ1) is 8.52. The van der Waals surface area contributed by atoms with Crippen LogP contribution in [0.25, 0.3) is 6.08 Å². The van der Waals surface area contributed by atoms with Gasteiger partial charge in [-0.2, -0.15) is 0 Å². The predicted molar refractivity (Wildman–Crippen MR) is 69.8 cm³/mol. The fourth-order valence-electron chi connectivity index (χ4n) is 1.19. The summed E-state index contributed by atoms with van der Waals surface area (Å²) in [5, 5.41) is 19.5. The molecule has 1 aromatic carbocycles. The van der Waals surface area contributed by atoms with E-state index in [1.165, 1.54) is 6.08 Å². The Bertz CT molecular complexity index is 473. The minimum atomic E-state index is -1.29. The zero-order valence-electron chi connectivity index (χ0n) is 9.34. The van der Waals surface area contributed by atoms with E-state index in [-0.39, 0.29) is 0 Å². The quantitative estimate of drug-likeness (QED) is 0.708. The third-order valence-electron chi connectivity index (χ3n) is 2.07. The number of nitrogens with one attached hydrogen (secondary N) is 1. The largest absolute Gasteiger partial charge is 0.480 e. The van der Waals surface area contributed by atoms with Crippen molar-refractivity contribution >= 4 is 33.9 Å². The fourth-order valence-corrected chi connectivity index (χ4v) is 1.60. The van der Waals surface area contributed by atoms with Gasteiger partial charge in [0, 0.05) is 10.5 Å². The van der Waals surface area contributed by atoms with Crippen molar-refractivity contribution in [2.45, 2.75) is 6.04 Å². The minimum Gasteiger partial charge on any atom is -0.480 e. The van der Waals surface area contributed by atoms with Gasteiger partial charge >= 0.3 is 5.97 Å². The lowest BCUT2D eigenvalue weighted by Crippen LogP contribution is -2.42. The van der Waals surface area contributed by atoms with Crippen LogP contribution in [0.2, 0.25) is 0 Å². The van der Waals surface area contributed by atoms with E-state index in [1.807, 2.05) is 18.2 Å². The van der Waals surface area contributed by atoms with Crippen molar-refractivity contribution in [3.05, 3.63) is 40.4 Å². The van der Waals surface area contributed by atoms with Crippen molar-refractivity contribution in [2.75, 3.05) is 6.61 Å². The van der Waals surface area contributed by atoms with Crippen molar-refractivity contribution < 1.29 is 19.8 Å². The molecule has 5 nitrogen and oxygen atoms in total. The molecule has 96 valence electrons. The average Bonchev–Trinajstić information content (AvgIpc) is 2.33. The number of benzene rings is 1. The van der Waals surface area contributed by atoms with E-state index in [1.54, 1.807) is 12.1 Å². The Morgan fingerprint density at radius 2 is 2.17 bits per heavy atom. The zero-order valence-corrected chi connectivity index (χ0v) is 10.9. The molecule has 3 N–H and O–H groups in total. The summed E-state index contributed by atoms with van der Waals surface area (Å²) in [6.07, 6.45) is 2.77. The molecule has 0 radical (unpaired) electrons. The maximum absolute atomic E-state index is 11.4. The lowest BCUT2D eigenvalue weighted by Gasteiger charge is -2.09. The Morgan fingerprint density at radius 1 is 1.44 bits per heavy atom. The molecule has 0 spiro atoms. The molecule has 18 heavy (non-hydrogen) atoms. The van der Waals surface area contributed by atoms with Crippen LogP contribution in [-0.2, 0) is 9.59 Å². The molecule has 0 aliphatic rings. The third kappa shape index (κ3) is 4.68. The highest BCUT2D eigenvalue weighted by Crippen LogP contribution is 2.12. The number of halogens is 1. The number of carboxylic acid groups (broad SMARTS) is 1. The normalized spacial score (nSPS) is 12.3. The number of amides is 1. The van der Waals surface area contributed by atoms with Gasteiger partial charge in [-0.15, -0.1) is 0 Å². The summed E-state index contributed by atoms with van der Waals surface area (Å²) in [6.45, 7) is -0.647. The molecular weight excluding hydrogens is 302 g/mol. The van der Waals surface area contributed by atoms with E-state index in [2.05, 4.69) is 21.2 Å². The van der Waals surface area contributed by atoms with Gasteiger partial charge in [0.05, 0.1) is 6.61 Å². The number of rotatable bonds is 5. The summed E-state index contributed by atoms with van der Waals surface area (Å²) in [4.78, 5) is 22.0. The van der Waals surface area contributed by atoms with Gasteiger partial charge in [0.15, 0.2) is 6.04 Å². The first kappa shape index (κ1) is 14.4. The van der Waals surface area contributed by atoms with E-state index in [0.29, 0.717) is 0 Å². The van der Waals surface area contributed by atoms with Crippen LogP contribution < -0.4 is 5.32 Å². The monoisotopic (exact) mass is 313 g/mol. The van der Waals surface area contributed by atoms with E-state index in [9.17, 15) is 9.59 Å². The molecule has 6 heteroatoms. The molecule has 1 unspecified atom stereocenters. The van der Waals surface area contributed by atoms with Crippen LogP contribution in [0.1, 0.15) is 5.56 Å². The van der Waals surface area contributed by atoms with Crippen LogP contribution in [0.5, 0.6) is 0 Å². The molecule has 1 atom stereocenters. The van der Waals surface area contributed by atoms with Crippen molar-refractivity contribution in [1.82, 2.24) is 5.32 Å². The minimum absolute atomic E-state index is 0.573. The Labute approximate surface area is 112 Å². The molecule has 0 bridgehead atoms. The van der Waals surface area contributed by atoms with Crippen LogP contribution in [0.4, 0.5) is 0 Å². The van der Waals surface area contributed by atoms with Crippen molar-refractivity contribution in [3.8, 4) is 0 Å². The summed E-state index contributed by atoms with van der Waals surface area (Å²) in [5.41, 5.74) is 0.801. The highest BCUT2D eigenvalue weighted by Gasteiger charge is 2.16. The van der Waals surface area contributed by atoms with Crippen LogP contribution >= 0.6 is 15.9 Å². The van der Waals surface area contributed by atoms with Gasteiger partial charge < -0.3 is 15.5 Å². The first-order valence-corrected chi connectivity index (χ1v) is 5.90. The van der Waals surface area contributed by atoms with Gasteiger partial charge in [0.1, 0.15) is 0 Å². The maximum atomic E-state index is 11.4. The number of aliphatic carboxylic acids is 1. The fraction of sp³-hybridized carbons (Fsp3) is 0.167. The second kappa shape index (κ2) is 6.93. The van der Waals surface area contributed by atoms with Gasteiger partial charge in [-0.1, -0.05) is 28.1 Å². The topological polar surface area (TPSA) is 86.6 Å². The van der Waals surface area contributed by atoms with E-state index in [4.69, 9.17) is 10.2 Å². The first-order valence-electron chi connectivity index (χ1n) is 5.10. The molecule has 0 aliphatic carbocycles. The molecule has 1 rings (SSSR count). The van der Waals surface area contributed by atoms with E-state index < -0.39 is 24.5 Å². The van der Waals surface area contributed by atoms with Crippen LogP contribution in [0.3, 0.4) is 0 Å². The second-order valence-electron chi connectivity index (χ2n) is 3.47. The van der Waals surface area contributed by atoms with Gasteiger partial charge in [-0.25, -0.2) is 4.79 Å². The highest BCUT2D eigenvalue weighted by atomic mass is 79.9. The SMILES string of the molecule is O=C(/C=C/c1cccc(Br)c1)NC(CO)C(=O)O. The number of hydrogen-bond acceptors (Lipinski definition) is 3. The summed E-state index contributed by atoms with van der Waals surface area (Å²) >= 11 is 3.29. The number of carbonyl (C=O) groups excluding carboxylic acids is 1. The molecule has 0 aromatic heterocycles. The van der Waals surface area contributed by atoms with Gasteiger partial charge in [-0.3, -0.25) is 4.79 Å². The smallest absolute Gasteiger partial charge is 0.328 e. The number of carboxylic acids is 1. The molecule has 1 aromatic rings. The maximum Gasteiger partial charge on any atom is 0.328 e. The zero-order chi connectivity index (χ0) is 13.5. The number of aliphatic hydroxyl groups is 1. The summed E-state index contributed by atoms with van der Waals surface area (Å²) in [7, 11) is 0. The molecule has 0 saturated carbocycles. The highest BCUT2D eigenvalue weighted by molar-refractivity contribution is 9.10. The molecule has 0 aliphatic heterocycles. The van der Waals surface area contributed by atoms with Crippen molar-refractivity contribution in [3.63, 3.8) is 0 Å². The number of hydrogen-bond donors (Lipinski definition) is 3. The third-order valence-corrected chi connectivity index (χ3v) is 2.57.